The number of hydrogen-bond acceptors (Lipinski definition) is 6. The second kappa shape index (κ2) is 8.13. The van der Waals surface area contributed by atoms with Gasteiger partial charge >= 0.3 is 0 Å². The lowest BCUT2D eigenvalue weighted by molar-refractivity contribution is -0.136. The first-order chi connectivity index (χ1) is 14.8. The molecule has 0 aliphatic carbocycles. The Kier molecular flexibility index (Phi) is 5.37. The summed E-state index contributed by atoms with van der Waals surface area (Å²) in [6, 6.07) is 6.46. The van der Waals surface area contributed by atoms with Crippen LogP contribution in [0, 0.1) is 11.6 Å². The van der Waals surface area contributed by atoms with E-state index in [2.05, 4.69) is 10.6 Å². The molecule has 4 amide bonds. The van der Waals surface area contributed by atoms with Crippen molar-refractivity contribution in [3.63, 3.8) is 0 Å². The second-order valence-electron chi connectivity index (χ2n) is 7.05. The SMILES string of the molecule is O=C1CCC(N2C(=O)c3cc(F)c(NCCOc4ccc(F)cc4)cc3C2=O)C(=O)N1. The Labute approximate surface area is 175 Å². The first-order valence-electron chi connectivity index (χ1n) is 9.52. The third kappa shape index (κ3) is 3.96. The van der Waals surface area contributed by atoms with E-state index in [1.165, 1.54) is 30.3 Å². The molecule has 8 nitrogen and oxygen atoms in total. The van der Waals surface area contributed by atoms with E-state index in [1.54, 1.807) is 0 Å². The van der Waals surface area contributed by atoms with Crippen molar-refractivity contribution in [3.8, 4) is 5.75 Å². The summed E-state index contributed by atoms with van der Waals surface area (Å²) in [6.45, 7) is 0.309. The molecule has 0 saturated carbocycles. The van der Waals surface area contributed by atoms with Crippen LogP contribution < -0.4 is 15.4 Å². The second-order valence-corrected chi connectivity index (χ2v) is 7.05. The molecule has 31 heavy (non-hydrogen) atoms. The molecule has 2 aromatic rings. The van der Waals surface area contributed by atoms with Gasteiger partial charge in [-0.05, 0) is 42.8 Å². The zero-order chi connectivity index (χ0) is 22.1. The van der Waals surface area contributed by atoms with Crippen LogP contribution in [0.15, 0.2) is 36.4 Å². The molecule has 0 bridgehead atoms. The number of imide groups is 2. The van der Waals surface area contributed by atoms with E-state index in [1.807, 2.05) is 0 Å². The molecule has 2 aromatic carbocycles. The summed E-state index contributed by atoms with van der Waals surface area (Å²) in [6.07, 6.45) is 0.0173. The number of fused-ring (bicyclic) bond motifs is 1. The molecule has 2 N–H and O–H groups in total. The molecule has 2 aliphatic rings. The van der Waals surface area contributed by atoms with E-state index >= 15 is 0 Å². The fourth-order valence-electron chi connectivity index (χ4n) is 3.51. The van der Waals surface area contributed by atoms with Gasteiger partial charge in [0.2, 0.25) is 11.8 Å². The maximum absolute atomic E-state index is 14.5. The summed E-state index contributed by atoms with van der Waals surface area (Å²) in [4.78, 5) is 49.6. The highest BCUT2D eigenvalue weighted by molar-refractivity contribution is 6.23. The number of carbonyl (C=O) groups excluding carboxylic acids is 4. The summed E-state index contributed by atoms with van der Waals surface area (Å²) >= 11 is 0. The average molecular weight is 429 g/mol. The minimum absolute atomic E-state index is 0.000958. The van der Waals surface area contributed by atoms with Gasteiger partial charge in [-0.15, -0.1) is 0 Å². The molecule has 0 spiro atoms. The largest absolute Gasteiger partial charge is 0.492 e. The first-order valence-corrected chi connectivity index (χ1v) is 9.52. The minimum Gasteiger partial charge on any atom is -0.492 e. The van der Waals surface area contributed by atoms with Crippen LogP contribution in [0.3, 0.4) is 0 Å². The number of nitrogens with zero attached hydrogens (tertiary/aromatic N) is 1. The maximum atomic E-state index is 14.5. The number of anilines is 1. The van der Waals surface area contributed by atoms with Crippen LogP contribution in [0.25, 0.3) is 0 Å². The topological polar surface area (TPSA) is 105 Å². The normalized spacial score (nSPS) is 18.1. The molecule has 1 atom stereocenters. The van der Waals surface area contributed by atoms with E-state index < -0.39 is 41.3 Å². The summed E-state index contributed by atoms with van der Waals surface area (Å²) in [5, 5.41) is 4.89. The van der Waals surface area contributed by atoms with Gasteiger partial charge in [0.15, 0.2) is 0 Å². The predicted octanol–water partition coefficient (Wildman–Crippen LogP) is 1.86. The predicted molar refractivity (Wildman–Crippen MR) is 103 cm³/mol. The molecule has 1 fully saturated rings. The van der Waals surface area contributed by atoms with Gasteiger partial charge in [0.25, 0.3) is 11.8 Å². The van der Waals surface area contributed by atoms with Crippen molar-refractivity contribution in [2.45, 2.75) is 18.9 Å². The van der Waals surface area contributed by atoms with E-state index in [-0.39, 0.29) is 42.8 Å². The van der Waals surface area contributed by atoms with Crippen molar-refractivity contribution in [1.29, 1.82) is 0 Å². The van der Waals surface area contributed by atoms with E-state index in [4.69, 9.17) is 4.74 Å². The molecule has 0 aromatic heterocycles. The lowest BCUT2D eigenvalue weighted by Crippen LogP contribution is -2.54. The number of halogens is 2. The number of rotatable bonds is 6. The Bertz CT molecular complexity index is 1090. The smallest absolute Gasteiger partial charge is 0.262 e. The molecule has 4 rings (SSSR count). The van der Waals surface area contributed by atoms with Gasteiger partial charge in [-0.2, -0.15) is 0 Å². The lowest BCUT2D eigenvalue weighted by Gasteiger charge is -2.27. The summed E-state index contributed by atoms with van der Waals surface area (Å²) in [5.41, 5.74) is -0.175. The zero-order valence-electron chi connectivity index (χ0n) is 16.1. The molecular weight excluding hydrogens is 412 g/mol. The fourth-order valence-corrected chi connectivity index (χ4v) is 3.51. The van der Waals surface area contributed by atoms with Gasteiger partial charge in [0.1, 0.15) is 30.0 Å². The van der Waals surface area contributed by atoms with Crippen molar-refractivity contribution in [3.05, 3.63) is 59.2 Å². The van der Waals surface area contributed by atoms with Gasteiger partial charge in [-0.3, -0.25) is 29.4 Å². The molecule has 2 heterocycles. The van der Waals surface area contributed by atoms with Crippen LogP contribution in [0.5, 0.6) is 5.75 Å². The highest BCUT2D eigenvalue weighted by Crippen LogP contribution is 2.31. The van der Waals surface area contributed by atoms with E-state index in [9.17, 15) is 28.0 Å². The Morgan fingerprint density at radius 2 is 1.71 bits per heavy atom. The van der Waals surface area contributed by atoms with Gasteiger partial charge < -0.3 is 10.1 Å². The van der Waals surface area contributed by atoms with Crippen LogP contribution >= 0.6 is 0 Å². The minimum atomic E-state index is -1.12. The number of piperidine rings is 1. The lowest BCUT2D eigenvalue weighted by atomic mass is 10.0. The van der Waals surface area contributed by atoms with Crippen LogP contribution in [-0.2, 0) is 9.59 Å². The van der Waals surface area contributed by atoms with Gasteiger partial charge in [-0.25, -0.2) is 8.78 Å². The maximum Gasteiger partial charge on any atom is 0.262 e. The van der Waals surface area contributed by atoms with E-state index in [0.717, 1.165) is 11.0 Å². The highest BCUT2D eigenvalue weighted by Gasteiger charge is 2.45. The number of amides is 4. The molecule has 2 aliphatic heterocycles. The fraction of sp³-hybridized carbons (Fsp3) is 0.238. The molecule has 10 heteroatoms. The first kappa shape index (κ1) is 20.5. The zero-order valence-corrected chi connectivity index (χ0v) is 16.1. The summed E-state index contributed by atoms with van der Waals surface area (Å²) in [5.74, 6) is -3.40. The van der Waals surface area contributed by atoms with Crippen LogP contribution in [0.1, 0.15) is 33.6 Å². The molecule has 160 valence electrons. The third-order valence-electron chi connectivity index (χ3n) is 5.03. The van der Waals surface area contributed by atoms with Gasteiger partial charge in [0.05, 0.1) is 16.8 Å². The number of carbonyl (C=O) groups is 4. The Morgan fingerprint density at radius 3 is 2.39 bits per heavy atom. The standard InChI is InChI=1S/C21H17F2N3O5/c22-11-1-3-12(4-2-11)31-8-7-24-16-10-14-13(9-15(16)23)20(29)26(21(14)30)17-5-6-18(27)25-19(17)28/h1-4,9-10,17,24H,5-8H2,(H,25,27,28). The van der Waals surface area contributed by atoms with Crippen molar-refractivity contribution in [2.24, 2.45) is 0 Å². The number of ether oxygens (including phenoxy) is 1. The average Bonchev–Trinajstić information content (AvgIpc) is 2.96. The quantitative estimate of drug-likeness (QED) is 0.537. The summed E-state index contributed by atoms with van der Waals surface area (Å²) < 4.78 is 32.8. The van der Waals surface area contributed by atoms with Crippen LogP contribution in [0.4, 0.5) is 14.5 Å². The van der Waals surface area contributed by atoms with Gasteiger partial charge in [-0.1, -0.05) is 0 Å². The summed E-state index contributed by atoms with van der Waals surface area (Å²) in [7, 11) is 0. The Balaban J connectivity index is 1.44. The van der Waals surface area contributed by atoms with Crippen molar-refractivity contribution >= 4 is 29.3 Å². The van der Waals surface area contributed by atoms with Gasteiger partial charge in [0, 0.05) is 13.0 Å². The molecule has 1 unspecified atom stereocenters. The number of hydrogen-bond donors (Lipinski definition) is 2. The Hall–Kier alpha value is -3.82. The third-order valence-corrected chi connectivity index (χ3v) is 5.03. The van der Waals surface area contributed by atoms with E-state index in [0.29, 0.717) is 5.75 Å². The van der Waals surface area contributed by atoms with Crippen molar-refractivity contribution < 1.29 is 32.7 Å². The molecule has 0 radical (unpaired) electrons. The number of benzene rings is 2. The van der Waals surface area contributed by atoms with Crippen molar-refractivity contribution in [2.75, 3.05) is 18.5 Å². The monoisotopic (exact) mass is 429 g/mol. The highest BCUT2D eigenvalue weighted by atomic mass is 19.1. The van der Waals surface area contributed by atoms with Crippen LogP contribution in [0.2, 0.25) is 0 Å². The van der Waals surface area contributed by atoms with Crippen molar-refractivity contribution in [1.82, 2.24) is 10.2 Å². The number of nitrogens with one attached hydrogen (secondary N) is 2. The Morgan fingerprint density at radius 1 is 1.03 bits per heavy atom. The molecule has 1 saturated heterocycles. The van der Waals surface area contributed by atoms with Crippen LogP contribution in [-0.4, -0.2) is 47.7 Å². The molecular formula is C21H17F2N3O5.